The lowest BCUT2D eigenvalue weighted by atomic mass is 10.0. The van der Waals surface area contributed by atoms with Crippen molar-refractivity contribution in [2.75, 3.05) is 38.1 Å². The van der Waals surface area contributed by atoms with Crippen LogP contribution in [0.5, 0.6) is 0 Å². The van der Waals surface area contributed by atoms with Crippen molar-refractivity contribution in [2.24, 2.45) is 0 Å². The third-order valence-electron chi connectivity index (χ3n) is 7.10. The van der Waals surface area contributed by atoms with Crippen molar-refractivity contribution in [3.05, 3.63) is 78.6 Å². The first-order valence-electron chi connectivity index (χ1n) is 13.3. The molecule has 8 nitrogen and oxygen atoms in total. The number of anilines is 1. The summed E-state index contributed by atoms with van der Waals surface area (Å²) >= 11 is 0. The molecule has 39 heavy (non-hydrogen) atoms. The molecule has 0 spiro atoms. The number of halogens is 1. The Morgan fingerprint density at radius 2 is 1.97 bits per heavy atom. The highest BCUT2D eigenvalue weighted by molar-refractivity contribution is 5.97. The number of benzene rings is 1. The molecule has 202 valence electrons. The van der Waals surface area contributed by atoms with Gasteiger partial charge in [-0.2, -0.15) is 5.10 Å². The molecule has 0 unspecified atom stereocenters. The average molecular weight is 527 g/mol. The number of aromatic amines is 2. The van der Waals surface area contributed by atoms with Crippen LogP contribution >= 0.6 is 0 Å². The van der Waals surface area contributed by atoms with E-state index < -0.39 is 0 Å². The molecule has 0 atom stereocenters. The first kappa shape index (κ1) is 26.4. The summed E-state index contributed by atoms with van der Waals surface area (Å²) in [6.07, 6.45) is 9.09. The van der Waals surface area contributed by atoms with Gasteiger partial charge in [0, 0.05) is 49.3 Å². The number of nitrogens with zero attached hydrogens (tertiary/aromatic N) is 5. The van der Waals surface area contributed by atoms with E-state index in [0.29, 0.717) is 28.0 Å². The van der Waals surface area contributed by atoms with Gasteiger partial charge in [-0.1, -0.05) is 32.6 Å². The van der Waals surface area contributed by atoms with Gasteiger partial charge < -0.3 is 20.1 Å². The maximum absolute atomic E-state index is 16.2. The van der Waals surface area contributed by atoms with Gasteiger partial charge >= 0.3 is 0 Å². The number of H-pyrrole nitrogens is 2. The number of nitrogens with one attached hydrogen (secondary N) is 3. The van der Waals surface area contributed by atoms with Gasteiger partial charge in [0.25, 0.3) is 0 Å². The van der Waals surface area contributed by atoms with E-state index in [4.69, 9.17) is 4.98 Å². The largest absolute Gasteiger partial charge is 0.359 e. The molecule has 3 N–H and O–H groups in total. The molecule has 4 heterocycles. The minimum atomic E-state index is -0.366. The Morgan fingerprint density at radius 1 is 1.18 bits per heavy atom. The number of piperazine rings is 1. The minimum Gasteiger partial charge on any atom is -0.359 e. The molecule has 1 fully saturated rings. The molecule has 1 saturated heterocycles. The summed E-state index contributed by atoms with van der Waals surface area (Å²) in [6, 6.07) is 5.50. The predicted molar refractivity (Wildman–Crippen MR) is 158 cm³/mol. The fourth-order valence-corrected chi connectivity index (χ4v) is 4.95. The second-order valence-electron chi connectivity index (χ2n) is 9.85. The highest BCUT2D eigenvalue weighted by Gasteiger charge is 2.23. The molecule has 1 aliphatic rings. The van der Waals surface area contributed by atoms with E-state index in [9.17, 15) is 0 Å². The van der Waals surface area contributed by atoms with Crippen molar-refractivity contribution >= 4 is 33.3 Å². The molecule has 0 saturated carbocycles. The Kier molecular flexibility index (Phi) is 7.60. The zero-order chi connectivity index (χ0) is 27.5. The van der Waals surface area contributed by atoms with Crippen LogP contribution in [0.3, 0.4) is 0 Å². The summed E-state index contributed by atoms with van der Waals surface area (Å²) in [7, 11) is 2.12. The summed E-state index contributed by atoms with van der Waals surface area (Å²) in [5, 5.41) is 11.1. The van der Waals surface area contributed by atoms with E-state index in [1.807, 2.05) is 31.2 Å². The molecule has 4 aromatic rings. The van der Waals surface area contributed by atoms with Crippen LogP contribution in [0.25, 0.3) is 39.0 Å². The summed E-state index contributed by atoms with van der Waals surface area (Å²) < 4.78 is 16.2. The molecule has 5 rings (SSSR count). The first-order chi connectivity index (χ1) is 18.9. The molecular formula is C30H35FN8. The minimum absolute atomic E-state index is 0.366. The molecule has 3 aromatic heterocycles. The number of rotatable bonds is 9. The normalized spacial score (nSPS) is 15.3. The van der Waals surface area contributed by atoms with Crippen LogP contribution in [0.1, 0.15) is 32.3 Å². The number of hydrogen-bond donors (Lipinski definition) is 3. The van der Waals surface area contributed by atoms with Gasteiger partial charge in [0.1, 0.15) is 17.0 Å². The van der Waals surface area contributed by atoms with Crippen LogP contribution in [0.15, 0.2) is 67.2 Å². The highest BCUT2D eigenvalue weighted by Crippen LogP contribution is 2.34. The second-order valence-corrected chi connectivity index (χ2v) is 9.85. The van der Waals surface area contributed by atoms with Crippen molar-refractivity contribution in [3.63, 3.8) is 0 Å². The van der Waals surface area contributed by atoms with Gasteiger partial charge in [-0.3, -0.25) is 5.10 Å². The maximum Gasteiger partial charge on any atom is 0.159 e. The van der Waals surface area contributed by atoms with Crippen molar-refractivity contribution in [3.8, 4) is 11.5 Å². The Hall–Kier alpha value is -4.24. The van der Waals surface area contributed by atoms with Gasteiger partial charge in [0.05, 0.1) is 16.4 Å². The van der Waals surface area contributed by atoms with Crippen LogP contribution in [0, 0.1) is 5.82 Å². The zero-order valence-electron chi connectivity index (χ0n) is 22.8. The lowest BCUT2D eigenvalue weighted by Crippen LogP contribution is -2.44. The van der Waals surface area contributed by atoms with Gasteiger partial charge in [-0.25, -0.2) is 14.4 Å². The molecule has 0 aliphatic carbocycles. The molecule has 1 aromatic carbocycles. The standard InChI is InChI=1S/C30H35FN8/c1-6-9-19(4)33-21(8-3)18-20(7-2)22-10-11-23-25(26(22)31)28(37-36-23)29-34-24-12-13-32-30(27(24)35-29)39-16-14-38(5)15-17-39/h7-8,10-13,18,33H,3-4,6,9,14-17H2,1-2,5H3,(H,34,35)(H,36,37)/b20-7+,21-18+. The lowest BCUT2D eigenvalue weighted by molar-refractivity contribution is 0.312. The van der Waals surface area contributed by atoms with Gasteiger partial charge in [-0.15, -0.1) is 0 Å². The summed E-state index contributed by atoms with van der Waals surface area (Å²) in [5.41, 5.74) is 5.47. The smallest absolute Gasteiger partial charge is 0.159 e. The Bertz CT molecular complexity index is 1580. The third kappa shape index (κ3) is 5.22. The molecule has 9 heteroatoms. The third-order valence-corrected chi connectivity index (χ3v) is 7.10. The number of allylic oxidation sites excluding steroid dienone is 5. The van der Waals surface area contributed by atoms with Crippen LogP contribution < -0.4 is 10.2 Å². The molecule has 0 bridgehead atoms. The van der Waals surface area contributed by atoms with Crippen LogP contribution in [-0.4, -0.2) is 63.3 Å². The van der Waals surface area contributed by atoms with Gasteiger partial charge in [0.15, 0.2) is 11.6 Å². The number of hydrogen-bond acceptors (Lipinski definition) is 6. The van der Waals surface area contributed by atoms with E-state index in [0.717, 1.165) is 72.8 Å². The lowest BCUT2D eigenvalue weighted by Gasteiger charge is -2.33. The highest BCUT2D eigenvalue weighted by atomic mass is 19.1. The van der Waals surface area contributed by atoms with Crippen LogP contribution in [0.2, 0.25) is 0 Å². The van der Waals surface area contributed by atoms with E-state index in [-0.39, 0.29) is 5.82 Å². The average Bonchev–Trinajstić information content (AvgIpc) is 3.57. The molecule has 0 radical (unpaired) electrons. The van der Waals surface area contributed by atoms with Crippen molar-refractivity contribution in [2.45, 2.75) is 26.7 Å². The molecular weight excluding hydrogens is 491 g/mol. The monoisotopic (exact) mass is 526 g/mol. The molecule has 0 amide bonds. The number of likely N-dealkylation sites (N-methyl/N-ethyl adjacent to an activating group) is 1. The Labute approximate surface area is 228 Å². The number of aromatic nitrogens is 5. The predicted octanol–water partition coefficient (Wildman–Crippen LogP) is 5.77. The number of pyridine rings is 1. The van der Waals surface area contributed by atoms with Gasteiger partial charge in [-0.05, 0) is 56.3 Å². The molecule has 1 aliphatic heterocycles. The van der Waals surface area contributed by atoms with E-state index in [1.165, 1.54) is 0 Å². The van der Waals surface area contributed by atoms with Crippen molar-refractivity contribution in [1.29, 1.82) is 0 Å². The summed E-state index contributed by atoms with van der Waals surface area (Å²) in [4.78, 5) is 17.4. The zero-order valence-corrected chi connectivity index (χ0v) is 22.8. The number of imidazole rings is 1. The Balaban J connectivity index is 1.54. The summed E-state index contributed by atoms with van der Waals surface area (Å²) in [5.74, 6) is 0.964. The van der Waals surface area contributed by atoms with E-state index >= 15 is 4.39 Å². The van der Waals surface area contributed by atoms with Crippen molar-refractivity contribution < 1.29 is 4.39 Å². The van der Waals surface area contributed by atoms with Crippen LogP contribution in [-0.2, 0) is 0 Å². The maximum atomic E-state index is 16.2. The van der Waals surface area contributed by atoms with E-state index in [2.05, 4.69) is 62.4 Å². The first-order valence-corrected chi connectivity index (χ1v) is 13.3. The topological polar surface area (TPSA) is 88.8 Å². The fourth-order valence-electron chi connectivity index (χ4n) is 4.95. The second kappa shape index (κ2) is 11.2. The van der Waals surface area contributed by atoms with Gasteiger partial charge in [0.2, 0.25) is 0 Å². The number of fused-ring (bicyclic) bond motifs is 2. The van der Waals surface area contributed by atoms with Crippen molar-refractivity contribution in [1.82, 2.24) is 35.4 Å². The van der Waals surface area contributed by atoms with E-state index in [1.54, 1.807) is 18.3 Å². The Morgan fingerprint density at radius 3 is 2.69 bits per heavy atom. The summed E-state index contributed by atoms with van der Waals surface area (Å²) in [6.45, 7) is 15.6. The SMILES string of the molecule is C=C/C(=C\C(=C/C)c1ccc2[nH]nc(-c3nc4c(N5CCN(C)CC5)nccc4[nH]3)c2c1F)NC(=C)CCC. The quantitative estimate of drug-likeness (QED) is 0.240. The van der Waals surface area contributed by atoms with Crippen LogP contribution in [0.4, 0.5) is 10.2 Å². The fraction of sp³-hybridized carbons (Fsp3) is 0.300.